The minimum absolute atomic E-state index is 0.370. The summed E-state index contributed by atoms with van der Waals surface area (Å²) in [5.41, 5.74) is 0.903. The van der Waals surface area contributed by atoms with E-state index in [4.69, 9.17) is 21.1 Å². The van der Waals surface area contributed by atoms with Crippen LogP contribution in [0, 0.1) is 0 Å². The van der Waals surface area contributed by atoms with Gasteiger partial charge in [-0.05, 0) is 29.8 Å². The molecule has 4 heteroatoms. The second kappa shape index (κ2) is 6.76. The van der Waals surface area contributed by atoms with Crippen molar-refractivity contribution in [2.45, 2.75) is 0 Å². The standard InChI is InChI=1S/C13H13ClO3/c1-16-12-6-4-10(9-13(12)17-2)3-5-11(14)7-8-15/h3-9H,1-2H3/b5-3+,11-7?. The lowest BCUT2D eigenvalue weighted by atomic mass is 10.2. The molecule has 0 aliphatic rings. The Morgan fingerprint density at radius 2 is 1.94 bits per heavy atom. The highest BCUT2D eigenvalue weighted by Crippen LogP contribution is 2.28. The third-order valence-corrected chi connectivity index (χ3v) is 2.32. The summed E-state index contributed by atoms with van der Waals surface area (Å²) in [4.78, 5) is 10.2. The molecule has 0 heterocycles. The Balaban J connectivity index is 2.93. The summed E-state index contributed by atoms with van der Waals surface area (Å²) in [6.45, 7) is 0. The molecular formula is C13H13ClO3. The Morgan fingerprint density at radius 3 is 2.53 bits per heavy atom. The highest BCUT2D eigenvalue weighted by atomic mass is 35.5. The van der Waals surface area contributed by atoms with Crippen molar-refractivity contribution in [3.05, 3.63) is 40.9 Å². The number of aldehydes is 1. The number of carbonyl (C=O) groups excluding carboxylic acids is 1. The van der Waals surface area contributed by atoms with E-state index in [2.05, 4.69) is 0 Å². The molecule has 0 aromatic heterocycles. The number of methoxy groups -OCH3 is 2. The Labute approximate surface area is 105 Å². The fourth-order valence-corrected chi connectivity index (χ4v) is 1.37. The van der Waals surface area contributed by atoms with Crippen molar-refractivity contribution in [3.8, 4) is 11.5 Å². The van der Waals surface area contributed by atoms with Gasteiger partial charge in [0.2, 0.25) is 0 Å². The summed E-state index contributed by atoms with van der Waals surface area (Å²) >= 11 is 5.75. The zero-order valence-corrected chi connectivity index (χ0v) is 10.4. The molecule has 0 bridgehead atoms. The average molecular weight is 253 g/mol. The monoisotopic (exact) mass is 252 g/mol. The number of ether oxygens (including phenoxy) is 2. The molecule has 0 unspecified atom stereocenters. The molecule has 0 N–H and O–H groups in total. The number of allylic oxidation sites excluding steroid dienone is 3. The van der Waals surface area contributed by atoms with Crippen LogP contribution in [0.4, 0.5) is 0 Å². The van der Waals surface area contributed by atoms with Crippen LogP contribution in [-0.4, -0.2) is 20.5 Å². The van der Waals surface area contributed by atoms with E-state index in [0.717, 1.165) is 5.56 Å². The molecule has 0 saturated heterocycles. The van der Waals surface area contributed by atoms with E-state index in [1.54, 1.807) is 32.4 Å². The lowest BCUT2D eigenvalue weighted by Gasteiger charge is -2.07. The molecule has 0 saturated carbocycles. The van der Waals surface area contributed by atoms with Gasteiger partial charge in [0.15, 0.2) is 11.5 Å². The van der Waals surface area contributed by atoms with Crippen molar-refractivity contribution in [2.75, 3.05) is 14.2 Å². The summed E-state index contributed by atoms with van der Waals surface area (Å²) in [6.07, 6.45) is 5.33. The van der Waals surface area contributed by atoms with Crippen molar-refractivity contribution in [2.24, 2.45) is 0 Å². The maximum absolute atomic E-state index is 10.2. The molecule has 0 fully saturated rings. The smallest absolute Gasteiger partial charge is 0.161 e. The molecule has 17 heavy (non-hydrogen) atoms. The molecule has 0 radical (unpaired) electrons. The van der Waals surface area contributed by atoms with Crippen LogP contribution < -0.4 is 9.47 Å². The Hall–Kier alpha value is -1.74. The number of hydrogen-bond acceptors (Lipinski definition) is 3. The number of halogens is 1. The Kier molecular flexibility index (Phi) is 5.30. The maximum atomic E-state index is 10.2. The largest absolute Gasteiger partial charge is 0.493 e. The van der Waals surface area contributed by atoms with Gasteiger partial charge in [0.05, 0.1) is 14.2 Å². The highest BCUT2D eigenvalue weighted by Gasteiger charge is 2.02. The normalized spacial score (nSPS) is 11.6. The van der Waals surface area contributed by atoms with Crippen LogP contribution in [0.2, 0.25) is 0 Å². The second-order valence-electron chi connectivity index (χ2n) is 3.14. The number of benzene rings is 1. The van der Waals surface area contributed by atoms with Gasteiger partial charge >= 0.3 is 0 Å². The van der Waals surface area contributed by atoms with Crippen LogP contribution >= 0.6 is 11.6 Å². The maximum Gasteiger partial charge on any atom is 0.161 e. The van der Waals surface area contributed by atoms with Crippen LogP contribution in [0.15, 0.2) is 35.4 Å². The van der Waals surface area contributed by atoms with E-state index in [1.165, 1.54) is 6.08 Å². The zero-order valence-electron chi connectivity index (χ0n) is 9.64. The van der Waals surface area contributed by atoms with Gasteiger partial charge in [-0.25, -0.2) is 0 Å². The molecule has 0 atom stereocenters. The van der Waals surface area contributed by atoms with Gasteiger partial charge in [-0.15, -0.1) is 0 Å². The zero-order chi connectivity index (χ0) is 12.7. The SMILES string of the molecule is COc1ccc(/C=C/C(Cl)=CC=O)cc1OC. The van der Waals surface area contributed by atoms with Crippen LogP contribution in [0.25, 0.3) is 6.08 Å². The molecule has 0 aliphatic heterocycles. The number of carbonyl (C=O) groups is 1. The lowest BCUT2D eigenvalue weighted by molar-refractivity contribution is -0.104. The molecular weight excluding hydrogens is 240 g/mol. The minimum Gasteiger partial charge on any atom is -0.493 e. The first-order valence-corrected chi connectivity index (χ1v) is 5.30. The van der Waals surface area contributed by atoms with Gasteiger partial charge in [0.1, 0.15) is 6.29 Å². The summed E-state index contributed by atoms with van der Waals surface area (Å²) in [7, 11) is 3.15. The van der Waals surface area contributed by atoms with Gasteiger partial charge in [-0.2, -0.15) is 0 Å². The average Bonchev–Trinajstić information content (AvgIpc) is 2.36. The van der Waals surface area contributed by atoms with Gasteiger partial charge in [-0.3, -0.25) is 4.79 Å². The van der Waals surface area contributed by atoms with Crippen molar-refractivity contribution in [1.82, 2.24) is 0 Å². The minimum atomic E-state index is 0.370. The van der Waals surface area contributed by atoms with E-state index in [0.29, 0.717) is 22.8 Å². The first-order chi connectivity index (χ1) is 8.21. The topological polar surface area (TPSA) is 35.5 Å². The van der Waals surface area contributed by atoms with Gasteiger partial charge in [-0.1, -0.05) is 23.7 Å². The van der Waals surface area contributed by atoms with Crippen molar-refractivity contribution in [1.29, 1.82) is 0 Å². The van der Waals surface area contributed by atoms with E-state index in [-0.39, 0.29) is 0 Å². The number of rotatable bonds is 5. The van der Waals surface area contributed by atoms with E-state index in [1.807, 2.05) is 12.1 Å². The van der Waals surface area contributed by atoms with Crippen LogP contribution in [0.5, 0.6) is 11.5 Å². The van der Waals surface area contributed by atoms with Gasteiger partial charge in [0.25, 0.3) is 0 Å². The van der Waals surface area contributed by atoms with Crippen molar-refractivity contribution < 1.29 is 14.3 Å². The van der Waals surface area contributed by atoms with Crippen LogP contribution in [-0.2, 0) is 4.79 Å². The highest BCUT2D eigenvalue weighted by molar-refractivity contribution is 6.32. The van der Waals surface area contributed by atoms with Crippen molar-refractivity contribution >= 4 is 24.0 Å². The van der Waals surface area contributed by atoms with Crippen molar-refractivity contribution in [3.63, 3.8) is 0 Å². The fraction of sp³-hybridized carbons (Fsp3) is 0.154. The quantitative estimate of drug-likeness (QED) is 0.459. The molecule has 0 spiro atoms. The Morgan fingerprint density at radius 1 is 1.24 bits per heavy atom. The second-order valence-corrected chi connectivity index (χ2v) is 3.57. The van der Waals surface area contributed by atoms with Gasteiger partial charge in [0, 0.05) is 5.03 Å². The molecule has 3 nitrogen and oxygen atoms in total. The predicted molar refractivity (Wildman–Crippen MR) is 68.6 cm³/mol. The molecule has 1 aromatic rings. The summed E-state index contributed by atoms with van der Waals surface area (Å²) in [5, 5.41) is 0.370. The lowest BCUT2D eigenvalue weighted by Crippen LogP contribution is -1.90. The summed E-state index contributed by atoms with van der Waals surface area (Å²) in [6, 6.07) is 5.49. The third kappa shape index (κ3) is 3.96. The summed E-state index contributed by atoms with van der Waals surface area (Å²) in [5.74, 6) is 1.31. The predicted octanol–water partition coefficient (Wildman–Crippen LogP) is 3.04. The molecule has 1 rings (SSSR count). The Bertz CT molecular complexity index is 450. The fourth-order valence-electron chi connectivity index (χ4n) is 1.25. The number of hydrogen-bond donors (Lipinski definition) is 0. The first-order valence-electron chi connectivity index (χ1n) is 4.92. The summed E-state index contributed by atoms with van der Waals surface area (Å²) < 4.78 is 10.3. The van der Waals surface area contributed by atoms with E-state index in [9.17, 15) is 4.79 Å². The molecule has 1 aromatic carbocycles. The van der Waals surface area contributed by atoms with Crippen LogP contribution in [0.3, 0.4) is 0 Å². The van der Waals surface area contributed by atoms with Crippen LogP contribution in [0.1, 0.15) is 5.56 Å². The molecule has 0 amide bonds. The molecule has 90 valence electrons. The molecule has 0 aliphatic carbocycles. The van der Waals surface area contributed by atoms with E-state index >= 15 is 0 Å². The van der Waals surface area contributed by atoms with Gasteiger partial charge < -0.3 is 9.47 Å². The third-order valence-electron chi connectivity index (χ3n) is 2.07. The first kappa shape index (κ1) is 13.3. The van der Waals surface area contributed by atoms with E-state index < -0.39 is 0 Å².